The second-order valence-electron chi connectivity index (χ2n) is 5.69. The van der Waals surface area contributed by atoms with Gasteiger partial charge in [0.25, 0.3) is 5.69 Å². The van der Waals surface area contributed by atoms with Crippen LogP contribution in [0.4, 0.5) is 15.8 Å². The number of non-ortho nitro benzene ring substituents is 1. The normalized spacial score (nSPS) is 15.5. The zero-order valence-corrected chi connectivity index (χ0v) is 13.7. The Labute approximate surface area is 143 Å². The van der Waals surface area contributed by atoms with Crippen molar-refractivity contribution in [1.82, 2.24) is 15.0 Å². The second-order valence-corrected chi connectivity index (χ2v) is 5.69. The molecule has 134 valence electrons. The number of halogens is 1. The molecule has 0 spiro atoms. The molecule has 1 aliphatic rings. The van der Waals surface area contributed by atoms with Crippen LogP contribution in [0.5, 0.6) is 0 Å². The van der Waals surface area contributed by atoms with E-state index >= 15 is 0 Å². The van der Waals surface area contributed by atoms with Crippen molar-refractivity contribution in [2.24, 2.45) is 0 Å². The molecule has 1 fully saturated rings. The van der Waals surface area contributed by atoms with Crippen molar-refractivity contribution in [2.45, 2.75) is 13.2 Å². The summed E-state index contributed by atoms with van der Waals surface area (Å²) in [7, 11) is 1.56. The van der Waals surface area contributed by atoms with Gasteiger partial charge in [-0.25, -0.2) is 4.39 Å². The Bertz CT molecular complexity index is 745. The smallest absolute Gasteiger partial charge is 0.272 e. The Morgan fingerprint density at radius 3 is 2.76 bits per heavy atom. The Hall–Kier alpha value is -2.59. The van der Waals surface area contributed by atoms with Crippen LogP contribution in [0.2, 0.25) is 0 Å². The van der Waals surface area contributed by atoms with Gasteiger partial charge in [-0.05, 0) is 6.07 Å². The van der Waals surface area contributed by atoms with Crippen LogP contribution in [-0.2, 0) is 17.9 Å². The highest BCUT2D eigenvalue weighted by molar-refractivity contribution is 5.52. The third-order valence-corrected chi connectivity index (χ3v) is 4.00. The lowest BCUT2D eigenvalue weighted by molar-refractivity contribution is -0.385. The van der Waals surface area contributed by atoms with Crippen molar-refractivity contribution in [3.05, 3.63) is 45.8 Å². The molecule has 1 aliphatic heterocycles. The van der Waals surface area contributed by atoms with E-state index < -0.39 is 10.7 Å². The van der Waals surface area contributed by atoms with E-state index in [9.17, 15) is 14.5 Å². The predicted molar refractivity (Wildman–Crippen MR) is 85.6 cm³/mol. The molecule has 0 aliphatic carbocycles. The van der Waals surface area contributed by atoms with Gasteiger partial charge in [-0.15, -0.1) is 0 Å². The summed E-state index contributed by atoms with van der Waals surface area (Å²) in [6, 6.07) is 3.73. The molecule has 0 amide bonds. The van der Waals surface area contributed by atoms with Gasteiger partial charge in [-0.1, -0.05) is 5.16 Å². The van der Waals surface area contributed by atoms with Crippen molar-refractivity contribution in [3.63, 3.8) is 0 Å². The highest BCUT2D eigenvalue weighted by atomic mass is 19.1. The second kappa shape index (κ2) is 7.53. The maximum atomic E-state index is 14.1. The average Bonchev–Trinajstić information content (AvgIpc) is 3.03. The van der Waals surface area contributed by atoms with E-state index in [1.54, 1.807) is 7.11 Å². The monoisotopic (exact) mass is 351 g/mol. The Kier molecular flexibility index (Phi) is 5.19. The highest BCUT2D eigenvalue weighted by Gasteiger charge is 2.22. The molecule has 0 saturated carbocycles. The van der Waals surface area contributed by atoms with Gasteiger partial charge < -0.3 is 14.2 Å². The molecule has 2 aromatic rings. The standard InChI is InChI=1S/C15H18FN5O4/c1-24-10-14-17-15(25-18-14)9-19-4-6-20(7-5-19)13-3-2-11(21(22)23)8-12(13)16/h2-3,8H,4-7,9-10H2,1H3. The van der Waals surface area contributed by atoms with Gasteiger partial charge in [0.05, 0.1) is 23.2 Å². The minimum Gasteiger partial charge on any atom is -0.377 e. The first-order valence-corrected chi connectivity index (χ1v) is 7.78. The fourth-order valence-electron chi connectivity index (χ4n) is 2.75. The molecule has 1 aromatic heterocycles. The summed E-state index contributed by atoms with van der Waals surface area (Å²) in [5.41, 5.74) is 0.133. The van der Waals surface area contributed by atoms with Gasteiger partial charge in [-0.2, -0.15) is 4.98 Å². The number of nitro groups is 1. The molecule has 1 aromatic carbocycles. The molecule has 9 nitrogen and oxygen atoms in total. The third-order valence-electron chi connectivity index (χ3n) is 4.00. The van der Waals surface area contributed by atoms with Gasteiger partial charge in [0.2, 0.25) is 5.89 Å². The van der Waals surface area contributed by atoms with Gasteiger partial charge in [-0.3, -0.25) is 15.0 Å². The van der Waals surface area contributed by atoms with E-state index in [0.717, 1.165) is 6.07 Å². The van der Waals surface area contributed by atoms with Crippen molar-refractivity contribution in [1.29, 1.82) is 0 Å². The van der Waals surface area contributed by atoms with Crippen LogP contribution in [-0.4, -0.2) is 53.3 Å². The van der Waals surface area contributed by atoms with Crippen LogP contribution >= 0.6 is 0 Å². The molecule has 0 N–H and O–H groups in total. The molecule has 0 atom stereocenters. The number of nitrogens with zero attached hydrogens (tertiary/aromatic N) is 5. The number of anilines is 1. The lowest BCUT2D eigenvalue weighted by Gasteiger charge is -2.35. The minimum absolute atomic E-state index is 0.247. The van der Waals surface area contributed by atoms with Crippen LogP contribution in [0, 0.1) is 15.9 Å². The largest absolute Gasteiger partial charge is 0.377 e. The average molecular weight is 351 g/mol. The number of hydrogen-bond donors (Lipinski definition) is 0. The number of rotatable bonds is 6. The van der Waals surface area contributed by atoms with Gasteiger partial charge in [0, 0.05) is 39.4 Å². The molecule has 0 unspecified atom stereocenters. The van der Waals surface area contributed by atoms with E-state index in [1.165, 1.54) is 12.1 Å². The van der Waals surface area contributed by atoms with E-state index in [-0.39, 0.29) is 5.69 Å². The molecular formula is C15H18FN5O4. The molecule has 10 heteroatoms. The lowest BCUT2D eigenvalue weighted by atomic mass is 10.2. The number of nitro benzene ring substituents is 1. The first-order valence-electron chi connectivity index (χ1n) is 7.78. The van der Waals surface area contributed by atoms with Crippen molar-refractivity contribution in [2.75, 3.05) is 38.2 Å². The van der Waals surface area contributed by atoms with Crippen molar-refractivity contribution in [3.8, 4) is 0 Å². The summed E-state index contributed by atoms with van der Waals surface area (Å²) in [5, 5.41) is 14.5. The number of ether oxygens (including phenoxy) is 1. The molecule has 0 radical (unpaired) electrons. The number of piperazine rings is 1. The summed E-state index contributed by atoms with van der Waals surface area (Å²) >= 11 is 0. The highest BCUT2D eigenvalue weighted by Crippen LogP contribution is 2.25. The molecule has 1 saturated heterocycles. The lowest BCUT2D eigenvalue weighted by Crippen LogP contribution is -2.46. The van der Waals surface area contributed by atoms with Crippen LogP contribution in [0.15, 0.2) is 22.7 Å². The summed E-state index contributed by atoms with van der Waals surface area (Å²) in [5.74, 6) is 0.440. The minimum atomic E-state index is -0.604. The number of hydrogen-bond acceptors (Lipinski definition) is 8. The molecule has 0 bridgehead atoms. The predicted octanol–water partition coefficient (Wildman–Crippen LogP) is 1.59. The van der Waals surface area contributed by atoms with Gasteiger partial charge in [0.15, 0.2) is 11.6 Å². The first kappa shape index (κ1) is 17.2. The van der Waals surface area contributed by atoms with Gasteiger partial charge >= 0.3 is 0 Å². The third kappa shape index (κ3) is 4.09. The SMILES string of the molecule is COCc1noc(CN2CCN(c3ccc([N+](=O)[O-])cc3F)CC2)n1. The Balaban J connectivity index is 1.57. The van der Waals surface area contributed by atoms with Gasteiger partial charge in [0.1, 0.15) is 6.61 Å². The quantitative estimate of drug-likeness (QED) is 0.571. The van der Waals surface area contributed by atoms with Crippen LogP contribution in [0.1, 0.15) is 11.7 Å². The van der Waals surface area contributed by atoms with Crippen LogP contribution < -0.4 is 4.90 Å². The summed E-state index contributed by atoms with van der Waals surface area (Å²) < 4.78 is 24.2. The summed E-state index contributed by atoms with van der Waals surface area (Å²) in [4.78, 5) is 18.3. The number of aromatic nitrogens is 2. The van der Waals surface area contributed by atoms with Crippen LogP contribution in [0.3, 0.4) is 0 Å². The first-order chi connectivity index (χ1) is 12.1. The fourth-order valence-corrected chi connectivity index (χ4v) is 2.75. The summed E-state index contributed by atoms with van der Waals surface area (Å²) in [6.07, 6.45) is 0. The Morgan fingerprint density at radius 1 is 1.36 bits per heavy atom. The van der Waals surface area contributed by atoms with E-state index in [1.807, 2.05) is 4.90 Å². The van der Waals surface area contributed by atoms with Crippen molar-refractivity contribution >= 4 is 11.4 Å². The fraction of sp³-hybridized carbons (Fsp3) is 0.467. The van der Waals surface area contributed by atoms with Crippen LogP contribution in [0.25, 0.3) is 0 Å². The Morgan fingerprint density at radius 2 is 2.12 bits per heavy atom. The summed E-state index contributed by atoms with van der Waals surface area (Å²) in [6.45, 7) is 3.42. The van der Waals surface area contributed by atoms with Crippen molar-refractivity contribution < 1.29 is 18.6 Å². The molecule has 25 heavy (non-hydrogen) atoms. The number of benzene rings is 1. The van der Waals surface area contributed by atoms with E-state index in [4.69, 9.17) is 9.26 Å². The molecular weight excluding hydrogens is 333 g/mol. The zero-order chi connectivity index (χ0) is 17.8. The number of methoxy groups -OCH3 is 1. The van der Waals surface area contributed by atoms with E-state index in [0.29, 0.717) is 56.7 Å². The maximum absolute atomic E-state index is 14.1. The maximum Gasteiger partial charge on any atom is 0.272 e. The van der Waals surface area contributed by atoms with E-state index in [2.05, 4.69) is 15.0 Å². The molecule has 2 heterocycles. The molecule has 3 rings (SSSR count). The topological polar surface area (TPSA) is 97.8 Å². The zero-order valence-electron chi connectivity index (χ0n) is 13.7.